The molecule has 124 valence electrons. The van der Waals surface area contributed by atoms with Crippen molar-refractivity contribution in [2.24, 2.45) is 0 Å². The van der Waals surface area contributed by atoms with Crippen molar-refractivity contribution < 1.29 is 13.2 Å². The smallest absolute Gasteiger partial charge is 0.215 e. The highest BCUT2D eigenvalue weighted by Gasteiger charge is 2.19. The lowest BCUT2D eigenvalue weighted by atomic mass is 10.1. The zero-order valence-electron chi connectivity index (χ0n) is 13.5. The van der Waals surface area contributed by atoms with E-state index in [0.29, 0.717) is 0 Å². The van der Waals surface area contributed by atoms with E-state index in [1.807, 2.05) is 31.2 Å². The fourth-order valence-electron chi connectivity index (χ4n) is 2.37. The van der Waals surface area contributed by atoms with E-state index in [1.54, 1.807) is 24.9 Å². The summed E-state index contributed by atoms with van der Waals surface area (Å²) < 4.78 is 33.2. The standard InChI is InChI=1S/C16H21N3O3S/c1-5-10-23(20,21)18-12(2)16-11-17-19(13(16)3)14-6-8-15(22-4)9-7-14/h5-9,11-12,18H,1,10H2,2-4H3/t12-/m0/s1. The van der Waals surface area contributed by atoms with Crippen LogP contribution < -0.4 is 9.46 Å². The number of aromatic nitrogens is 2. The molecule has 0 aliphatic heterocycles. The summed E-state index contributed by atoms with van der Waals surface area (Å²) in [7, 11) is -1.77. The van der Waals surface area contributed by atoms with Gasteiger partial charge in [-0.1, -0.05) is 6.08 Å². The van der Waals surface area contributed by atoms with Crippen molar-refractivity contribution in [2.45, 2.75) is 19.9 Å². The van der Waals surface area contributed by atoms with E-state index >= 15 is 0 Å². The number of ether oxygens (including phenoxy) is 1. The van der Waals surface area contributed by atoms with Gasteiger partial charge in [-0.15, -0.1) is 6.58 Å². The van der Waals surface area contributed by atoms with Gasteiger partial charge in [0.25, 0.3) is 0 Å². The average molecular weight is 335 g/mol. The highest BCUT2D eigenvalue weighted by atomic mass is 32.2. The SMILES string of the molecule is C=CCS(=O)(=O)N[C@@H](C)c1cnn(-c2ccc(OC)cc2)c1C. The Morgan fingerprint density at radius 3 is 2.61 bits per heavy atom. The zero-order chi connectivity index (χ0) is 17.0. The number of rotatable bonds is 7. The van der Waals surface area contributed by atoms with E-state index in [9.17, 15) is 8.42 Å². The third-order valence-electron chi connectivity index (χ3n) is 3.52. The molecule has 0 unspecified atom stereocenters. The molecule has 0 aliphatic rings. The van der Waals surface area contributed by atoms with E-state index in [4.69, 9.17) is 4.74 Å². The fourth-order valence-corrected chi connectivity index (χ4v) is 3.44. The molecule has 0 aliphatic carbocycles. The highest BCUT2D eigenvalue weighted by Crippen LogP contribution is 2.22. The van der Waals surface area contributed by atoms with Crippen LogP contribution in [-0.4, -0.2) is 31.1 Å². The van der Waals surface area contributed by atoms with Crippen molar-refractivity contribution in [2.75, 3.05) is 12.9 Å². The van der Waals surface area contributed by atoms with Crippen molar-refractivity contribution in [1.29, 1.82) is 0 Å². The van der Waals surface area contributed by atoms with Crippen molar-refractivity contribution >= 4 is 10.0 Å². The van der Waals surface area contributed by atoms with Gasteiger partial charge in [-0.3, -0.25) is 0 Å². The minimum atomic E-state index is -3.38. The number of hydrogen-bond donors (Lipinski definition) is 1. The molecule has 0 saturated carbocycles. The van der Waals surface area contributed by atoms with E-state index in [0.717, 1.165) is 22.7 Å². The van der Waals surface area contributed by atoms with Gasteiger partial charge in [-0.05, 0) is 38.1 Å². The van der Waals surface area contributed by atoms with Crippen LogP contribution in [-0.2, 0) is 10.0 Å². The van der Waals surface area contributed by atoms with Gasteiger partial charge in [0.15, 0.2) is 0 Å². The first-order valence-electron chi connectivity index (χ1n) is 7.18. The van der Waals surface area contributed by atoms with Crippen LogP contribution in [0.3, 0.4) is 0 Å². The maximum absolute atomic E-state index is 11.8. The Labute approximate surface area is 136 Å². The zero-order valence-corrected chi connectivity index (χ0v) is 14.3. The number of sulfonamides is 1. The van der Waals surface area contributed by atoms with E-state index in [2.05, 4.69) is 16.4 Å². The third kappa shape index (κ3) is 4.00. The second-order valence-electron chi connectivity index (χ2n) is 5.20. The monoisotopic (exact) mass is 335 g/mol. The molecule has 0 radical (unpaired) electrons. The molecule has 2 aromatic rings. The summed E-state index contributed by atoms with van der Waals surface area (Å²) in [4.78, 5) is 0. The summed E-state index contributed by atoms with van der Waals surface area (Å²) in [5.74, 6) is 0.660. The summed E-state index contributed by atoms with van der Waals surface area (Å²) in [6.07, 6.45) is 3.04. The Hall–Kier alpha value is -2.12. The van der Waals surface area contributed by atoms with Gasteiger partial charge in [0.1, 0.15) is 5.75 Å². The molecule has 6 nitrogen and oxygen atoms in total. The molecule has 1 atom stereocenters. The Bertz CT molecular complexity index is 779. The average Bonchev–Trinajstić information content (AvgIpc) is 2.88. The number of benzene rings is 1. The molecule has 0 amide bonds. The van der Waals surface area contributed by atoms with Crippen LogP contribution in [0.2, 0.25) is 0 Å². The molecule has 1 aromatic carbocycles. The predicted octanol–water partition coefficient (Wildman–Crippen LogP) is 2.36. The summed E-state index contributed by atoms with van der Waals surface area (Å²) in [6.45, 7) is 7.16. The van der Waals surface area contributed by atoms with Gasteiger partial charge < -0.3 is 4.74 Å². The summed E-state index contributed by atoms with van der Waals surface area (Å²) >= 11 is 0. The van der Waals surface area contributed by atoms with Crippen molar-refractivity contribution in [3.8, 4) is 11.4 Å². The van der Waals surface area contributed by atoms with Crippen molar-refractivity contribution in [3.05, 3.63) is 54.4 Å². The molecular weight excluding hydrogens is 314 g/mol. The Balaban J connectivity index is 2.26. The lowest BCUT2D eigenvalue weighted by molar-refractivity contribution is 0.414. The molecule has 0 saturated heterocycles. The van der Waals surface area contributed by atoms with E-state index in [-0.39, 0.29) is 11.8 Å². The van der Waals surface area contributed by atoms with Gasteiger partial charge in [-0.2, -0.15) is 5.10 Å². The summed E-state index contributed by atoms with van der Waals surface area (Å²) in [5, 5.41) is 4.36. The van der Waals surface area contributed by atoms with Crippen LogP contribution in [0.4, 0.5) is 0 Å². The van der Waals surface area contributed by atoms with Gasteiger partial charge >= 0.3 is 0 Å². The molecule has 1 heterocycles. The largest absolute Gasteiger partial charge is 0.497 e. The quantitative estimate of drug-likeness (QED) is 0.788. The first kappa shape index (κ1) is 17.2. The molecule has 1 N–H and O–H groups in total. The highest BCUT2D eigenvalue weighted by molar-refractivity contribution is 7.89. The van der Waals surface area contributed by atoms with Crippen LogP contribution in [0.25, 0.3) is 5.69 Å². The molecule has 2 rings (SSSR count). The van der Waals surface area contributed by atoms with Gasteiger partial charge in [0, 0.05) is 17.3 Å². The maximum Gasteiger partial charge on any atom is 0.215 e. The third-order valence-corrected chi connectivity index (χ3v) is 4.91. The minimum Gasteiger partial charge on any atom is -0.497 e. The van der Waals surface area contributed by atoms with E-state index < -0.39 is 10.0 Å². The summed E-state index contributed by atoms with van der Waals surface area (Å²) in [6, 6.07) is 7.13. The number of nitrogens with zero attached hydrogens (tertiary/aromatic N) is 2. The maximum atomic E-state index is 11.8. The van der Waals surface area contributed by atoms with Crippen LogP contribution >= 0.6 is 0 Å². The Kier molecular flexibility index (Phi) is 5.23. The molecule has 0 fully saturated rings. The van der Waals surface area contributed by atoms with Crippen molar-refractivity contribution in [3.63, 3.8) is 0 Å². The van der Waals surface area contributed by atoms with Gasteiger partial charge in [-0.25, -0.2) is 17.8 Å². The lowest BCUT2D eigenvalue weighted by Crippen LogP contribution is -2.28. The first-order valence-corrected chi connectivity index (χ1v) is 8.83. The lowest BCUT2D eigenvalue weighted by Gasteiger charge is -2.13. The number of nitrogens with one attached hydrogen (secondary N) is 1. The van der Waals surface area contributed by atoms with Crippen LogP contribution in [0.5, 0.6) is 5.75 Å². The van der Waals surface area contributed by atoms with Gasteiger partial charge in [0.2, 0.25) is 10.0 Å². The fraction of sp³-hybridized carbons (Fsp3) is 0.312. The van der Waals surface area contributed by atoms with Crippen LogP contribution in [0.15, 0.2) is 43.1 Å². The van der Waals surface area contributed by atoms with E-state index in [1.165, 1.54) is 6.08 Å². The Morgan fingerprint density at radius 2 is 2.04 bits per heavy atom. The summed E-state index contributed by atoms with van der Waals surface area (Å²) in [5.41, 5.74) is 2.59. The molecule has 0 spiro atoms. The van der Waals surface area contributed by atoms with Crippen LogP contribution in [0.1, 0.15) is 24.2 Å². The first-order chi connectivity index (χ1) is 10.9. The molecular formula is C16H21N3O3S. The topological polar surface area (TPSA) is 73.2 Å². The molecule has 1 aromatic heterocycles. The minimum absolute atomic E-state index is 0.108. The molecule has 7 heteroatoms. The molecule has 0 bridgehead atoms. The normalized spacial score (nSPS) is 12.8. The molecule has 23 heavy (non-hydrogen) atoms. The Morgan fingerprint density at radius 1 is 1.39 bits per heavy atom. The van der Waals surface area contributed by atoms with Crippen LogP contribution in [0, 0.1) is 6.92 Å². The predicted molar refractivity (Wildman–Crippen MR) is 90.4 cm³/mol. The second-order valence-corrected chi connectivity index (χ2v) is 7.00. The number of hydrogen-bond acceptors (Lipinski definition) is 4. The number of methoxy groups -OCH3 is 1. The second kappa shape index (κ2) is 6.97. The van der Waals surface area contributed by atoms with Gasteiger partial charge in [0.05, 0.1) is 24.7 Å². The van der Waals surface area contributed by atoms with Crippen molar-refractivity contribution in [1.82, 2.24) is 14.5 Å².